The van der Waals surface area contributed by atoms with Crippen molar-refractivity contribution in [2.24, 2.45) is 5.92 Å². The molecule has 3 unspecified atom stereocenters. The Hall–Kier alpha value is -1.06. The van der Waals surface area contributed by atoms with Gasteiger partial charge in [0.1, 0.15) is 12.1 Å². The molecule has 0 spiro atoms. The van der Waals surface area contributed by atoms with Gasteiger partial charge >= 0.3 is 0 Å². The first kappa shape index (κ1) is 13.4. The van der Waals surface area contributed by atoms with Gasteiger partial charge in [-0.3, -0.25) is 9.59 Å². The summed E-state index contributed by atoms with van der Waals surface area (Å²) >= 11 is 0. The molecule has 2 aliphatic rings. The number of piperazine rings is 1. The number of nitrogens with zero attached hydrogens (tertiary/aromatic N) is 2. The largest absolute Gasteiger partial charge is 0.329 e. The second-order valence-corrected chi connectivity index (χ2v) is 5.88. The van der Waals surface area contributed by atoms with Crippen molar-refractivity contribution in [2.45, 2.75) is 65.1 Å². The van der Waals surface area contributed by atoms with Gasteiger partial charge in [-0.15, -0.1) is 0 Å². The Kier molecular flexibility index (Phi) is 3.64. The van der Waals surface area contributed by atoms with E-state index in [-0.39, 0.29) is 35.9 Å². The van der Waals surface area contributed by atoms with E-state index in [0.717, 1.165) is 25.8 Å². The van der Waals surface area contributed by atoms with Gasteiger partial charge in [0.15, 0.2) is 0 Å². The normalized spacial score (nSPS) is 30.1. The van der Waals surface area contributed by atoms with Crippen molar-refractivity contribution in [1.82, 2.24) is 9.80 Å². The Morgan fingerprint density at radius 2 is 1.89 bits per heavy atom. The molecule has 0 aromatic heterocycles. The fourth-order valence-corrected chi connectivity index (χ4v) is 3.18. The van der Waals surface area contributed by atoms with Crippen LogP contribution in [0.15, 0.2) is 0 Å². The second kappa shape index (κ2) is 4.90. The Labute approximate surface area is 109 Å². The highest BCUT2D eigenvalue weighted by atomic mass is 16.2. The Bertz CT molecular complexity index is 354. The minimum absolute atomic E-state index is 0.150. The van der Waals surface area contributed by atoms with Crippen LogP contribution < -0.4 is 0 Å². The fourth-order valence-electron chi connectivity index (χ4n) is 3.18. The number of hydrogen-bond donors (Lipinski definition) is 0. The molecule has 102 valence electrons. The third kappa shape index (κ3) is 1.91. The molecule has 0 N–H and O–H groups in total. The second-order valence-electron chi connectivity index (χ2n) is 5.88. The first-order valence-electron chi connectivity index (χ1n) is 7.11. The molecule has 0 aromatic carbocycles. The van der Waals surface area contributed by atoms with Gasteiger partial charge in [-0.2, -0.15) is 0 Å². The van der Waals surface area contributed by atoms with E-state index in [0.29, 0.717) is 0 Å². The van der Waals surface area contributed by atoms with E-state index in [1.165, 1.54) is 0 Å². The topological polar surface area (TPSA) is 40.6 Å². The summed E-state index contributed by atoms with van der Waals surface area (Å²) in [5.74, 6) is 0.504. The average Bonchev–Trinajstić information content (AvgIpc) is 2.81. The van der Waals surface area contributed by atoms with E-state index in [1.54, 1.807) is 0 Å². The molecule has 0 aromatic rings. The van der Waals surface area contributed by atoms with Crippen molar-refractivity contribution >= 4 is 11.8 Å². The van der Waals surface area contributed by atoms with E-state index in [1.807, 2.05) is 30.6 Å². The molecule has 2 saturated heterocycles. The van der Waals surface area contributed by atoms with Crippen LogP contribution in [0.25, 0.3) is 0 Å². The van der Waals surface area contributed by atoms with E-state index >= 15 is 0 Å². The van der Waals surface area contributed by atoms with E-state index in [4.69, 9.17) is 0 Å². The maximum absolute atomic E-state index is 12.6. The number of fused-ring (bicyclic) bond motifs is 1. The van der Waals surface area contributed by atoms with E-state index in [9.17, 15) is 9.59 Å². The maximum atomic E-state index is 12.6. The van der Waals surface area contributed by atoms with Gasteiger partial charge in [0.25, 0.3) is 0 Å². The predicted molar refractivity (Wildman–Crippen MR) is 70.0 cm³/mol. The first-order valence-corrected chi connectivity index (χ1v) is 7.11. The van der Waals surface area contributed by atoms with Crippen LogP contribution in [0, 0.1) is 5.92 Å². The van der Waals surface area contributed by atoms with Gasteiger partial charge in [-0.1, -0.05) is 20.8 Å². The molecule has 2 amide bonds. The molecule has 2 aliphatic heterocycles. The van der Waals surface area contributed by atoms with E-state index < -0.39 is 0 Å². The van der Waals surface area contributed by atoms with Crippen molar-refractivity contribution in [3.05, 3.63) is 0 Å². The van der Waals surface area contributed by atoms with Gasteiger partial charge in [0.2, 0.25) is 11.8 Å². The predicted octanol–water partition coefficient (Wildman–Crippen LogP) is 1.64. The smallest absolute Gasteiger partial charge is 0.246 e. The standard InChI is InChI=1S/C14H24N2O2/c1-5-10(4)16-12(9(2)3)14(18)15-8-6-7-11(15)13(16)17/h9-12H,5-8H2,1-4H3. The number of amides is 2. The molecular weight excluding hydrogens is 228 g/mol. The zero-order valence-corrected chi connectivity index (χ0v) is 11.8. The quantitative estimate of drug-likeness (QED) is 0.766. The number of carbonyl (C=O) groups is 2. The molecule has 2 fully saturated rings. The molecule has 2 heterocycles. The fraction of sp³-hybridized carbons (Fsp3) is 0.857. The zero-order valence-electron chi connectivity index (χ0n) is 11.8. The Morgan fingerprint density at radius 3 is 2.44 bits per heavy atom. The third-order valence-corrected chi connectivity index (χ3v) is 4.33. The summed E-state index contributed by atoms with van der Waals surface area (Å²) in [4.78, 5) is 28.8. The lowest BCUT2D eigenvalue weighted by atomic mass is 9.94. The Balaban J connectivity index is 2.35. The molecule has 0 bridgehead atoms. The summed E-state index contributed by atoms with van der Waals surface area (Å²) in [7, 11) is 0. The van der Waals surface area contributed by atoms with Crippen molar-refractivity contribution in [1.29, 1.82) is 0 Å². The lowest BCUT2D eigenvalue weighted by molar-refractivity contribution is -0.164. The molecule has 0 aliphatic carbocycles. The summed E-state index contributed by atoms with van der Waals surface area (Å²) < 4.78 is 0. The lowest BCUT2D eigenvalue weighted by Gasteiger charge is -2.46. The summed E-state index contributed by atoms with van der Waals surface area (Å²) in [6.07, 6.45) is 2.69. The molecule has 4 heteroatoms. The molecule has 0 radical (unpaired) electrons. The van der Waals surface area contributed by atoms with Crippen LogP contribution in [0.2, 0.25) is 0 Å². The number of carbonyl (C=O) groups excluding carboxylic acids is 2. The van der Waals surface area contributed by atoms with E-state index in [2.05, 4.69) is 6.92 Å². The van der Waals surface area contributed by atoms with Gasteiger partial charge in [-0.25, -0.2) is 0 Å². The molecular formula is C14H24N2O2. The zero-order chi connectivity index (χ0) is 13.4. The molecule has 3 atom stereocenters. The minimum Gasteiger partial charge on any atom is -0.329 e. The Morgan fingerprint density at radius 1 is 1.22 bits per heavy atom. The monoisotopic (exact) mass is 252 g/mol. The van der Waals surface area contributed by atoms with Gasteiger partial charge < -0.3 is 9.80 Å². The van der Waals surface area contributed by atoms with Gasteiger partial charge in [0, 0.05) is 12.6 Å². The van der Waals surface area contributed by atoms with Crippen molar-refractivity contribution in [3.8, 4) is 0 Å². The van der Waals surface area contributed by atoms with Crippen molar-refractivity contribution in [2.75, 3.05) is 6.54 Å². The highest BCUT2D eigenvalue weighted by molar-refractivity contribution is 5.97. The summed E-state index contributed by atoms with van der Waals surface area (Å²) in [6.45, 7) is 8.93. The first-order chi connectivity index (χ1) is 8.49. The van der Waals surface area contributed by atoms with Gasteiger partial charge in [-0.05, 0) is 32.1 Å². The average molecular weight is 252 g/mol. The summed E-state index contributed by atoms with van der Waals surface area (Å²) in [6, 6.07) is -0.292. The third-order valence-electron chi connectivity index (χ3n) is 4.33. The number of hydrogen-bond acceptors (Lipinski definition) is 2. The van der Waals surface area contributed by atoms with Gasteiger partial charge in [0.05, 0.1) is 0 Å². The molecule has 4 nitrogen and oxygen atoms in total. The van der Waals surface area contributed by atoms with Crippen LogP contribution in [-0.4, -0.2) is 46.3 Å². The lowest BCUT2D eigenvalue weighted by Crippen LogP contribution is -2.66. The van der Waals surface area contributed by atoms with Crippen LogP contribution in [0.4, 0.5) is 0 Å². The highest BCUT2D eigenvalue weighted by Gasteiger charge is 2.49. The van der Waals surface area contributed by atoms with Crippen LogP contribution in [0.3, 0.4) is 0 Å². The van der Waals surface area contributed by atoms with Crippen molar-refractivity contribution < 1.29 is 9.59 Å². The summed E-state index contributed by atoms with van der Waals surface area (Å²) in [5, 5.41) is 0. The van der Waals surface area contributed by atoms with Crippen molar-refractivity contribution in [3.63, 3.8) is 0 Å². The number of rotatable bonds is 3. The maximum Gasteiger partial charge on any atom is 0.246 e. The molecule has 0 saturated carbocycles. The van der Waals surface area contributed by atoms with Crippen LogP contribution in [0.1, 0.15) is 47.0 Å². The summed E-state index contributed by atoms with van der Waals surface area (Å²) in [5.41, 5.74) is 0. The molecule has 2 rings (SSSR count). The van der Waals surface area contributed by atoms with Crippen LogP contribution in [0.5, 0.6) is 0 Å². The van der Waals surface area contributed by atoms with Crippen LogP contribution >= 0.6 is 0 Å². The highest BCUT2D eigenvalue weighted by Crippen LogP contribution is 2.31. The molecule has 18 heavy (non-hydrogen) atoms. The minimum atomic E-state index is -0.262. The SMILES string of the molecule is CCC(C)N1C(=O)C2CCCN2C(=O)C1C(C)C. The van der Waals surface area contributed by atoms with Crippen LogP contribution in [-0.2, 0) is 9.59 Å².